The Morgan fingerprint density at radius 3 is 2.50 bits per heavy atom. The van der Waals surface area contributed by atoms with Gasteiger partial charge in [0.05, 0.1) is 22.6 Å². The Hall–Kier alpha value is -2.66. The van der Waals surface area contributed by atoms with Crippen LogP contribution in [0.15, 0.2) is 47.3 Å². The van der Waals surface area contributed by atoms with Crippen LogP contribution in [-0.4, -0.2) is 27.4 Å². The van der Waals surface area contributed by atoms with Crippen LogP contribution in [0.3, 0.4) is 0 Å². The van der Waals surface area contributed by atoms with Crippen molar-refractivity contribution in [3.63, 3.8) is 0 Å². The third-order valence-electron chi connectivity index (χ3n) is 6.16. The zero-order valence-corrected chi connectivity index (χ0v) is 18.3. The van der Waals surface area contributed by atoms with Crippen LogP contribution < -0.4 is 5.56 Å². The number of halogens is 1. The summed E-state index contributed by atoms with van der Waals surface area (Å²) in [5.41, 5.74) is 2.22. The minimum Gasteiger partial charge on any atom is -0.336 e. The van der Waals surface area contributed by atoms with Crippen LogP contribution in [0.1, 0.15) is 50.0 Å². The molecule has 3 aromatic rings. The van der Waals surface area contributed by atoms with Gasteiger partial charge in [-0.05, 0) is 57.0 Å². The van der Waals surface area contributed by atoms with Gasteiger partial charge in [-0.1, -0.05) is 42.1 Å². The van der Waals surface area contributed by atoms with Gasteiger partial charge in [0.2, 0.25) is 5.91 Å². The van der Waals surface area contributed by atoms with Gasteiger partial charge < -0.3 is 4.90 Å². The number of aryl methyl sites for hydroxylation is 1. The van der Waals surface area contributed by atoms with E-state index < -0.39 is 0 Å². The van der Waals surface area contributed by atoms with Crippen molar-refractivity contribution in [3.8, 4) is 5.69 Å². The first-order valence-corrected chi connectivity index (χ1v) is 10.8. The second-order valence-corrected chi connectivity index (χ2v) is 8.65. The molecule has 1 aromatic heterocycles. The summed E-state index contributed by atoms with van der Waals surface area (Å²) < 4.78 is 1.62. The predicted molar refractivity (Wildman–Crippen MR) is 120 cm³/mol. The minimum atomic E-state index is -0.365. The van der Waals surface area contributed by atoms with E-state index in [-0.39, 0.29) is 23.4 Å². The SMILES string of the molecule is Cc1ccc(-n2c(C(C)N(C)C(=O)C3CCCC3)nc3cc(Cl)ccc3c2=O)cc1. The lowest BCUT2D eigenvalue weighted by molar-refractivity contribution is -0.136. The first-order chi connectivity index (χ1) is 14.4. The first-order valence-electron chi connectivity index (χ1n) is 10.4. The fourth-order valence-electron chi connectivity index (χ4n) is 4.22. The molecule has 6 heteroatoms. The molecule has 1 atom stereocenters. The second kappa shape index (κ2) is 8.23. The van der Waals surface area contributed by atoms with Crippen LogP contribution >= 0.6 is 11.6 Å². The zero-order valence-electron chi connectivity index (χ0n) is 17.6. The van der Waals surface area contributed by atoms with Crippen LogP contribution in [0.2, 0.25) is 5.02 Å². The van der Waals surface area contributed by atoms with Gasteiger partial charge >= 0.3 is 0 Å². The highest BCUT2D eigenvalue weighted by Gasteiger charge is 2.30. The molecule has 0 aliphatic heterocycles. The molecule has 1 amide bonds. The standard InChI is InChI=1S/C24H26ClN3O2/c1-15-8-11-19(12-9-15)28-22(16(2)27(3)23(29)17-6-4-5-7-17)26-21-14-18(25)10-13-20(21)24(28)30/h8-14,16-17H,4-7H2,1-3H3. The summed E-state index contributed by atoms with van der Waals surface area (Å²) in [5, 5.41) is 1.03. The molecule has 2 aromatic carbocycles. The van der Waals surface area contributed by atoms with Crippen molar-refractivity contribution >= 4 is 28.4 Å². The molecule has 30 heavy (non-hydrogen) atoms. The van der Waals surface area contributed by atoms with E-state index >= 15 is 0 Å². The van der Waals surface area contributed by atoms with E-state index in [1.165, 1.54) is 0 Å². The van der Waals surface area contributed by atoms with Gasteiger partial charge in [-0.2, -0.15) is 0 Å². The lowest BCUT2D eigenvalue weighted by Gasteiger charge is -2.29. The number of benzene rings is 2. The van der Waals surface area contributed by atoms with Crippen LogP contribution in [0.5, 0.6) is 0 Å². The number of rotatable bonds is 4. The Bertz CT molecular complexity index is 1150. The fraction of sp³-hybridized carbons (Fsp3) is 0.375. The highest BCUT2D eigenvalue weighted by atomic mass is 35.5. The summed E-state index contributed by atoms with van der Waals surface area (Å²) in [6.07, 6.45) is 4.06. The van der Waals surface area contributed by atoms with Crippen molar-refractivity contribution in [1.82, 2.24) is 14.5 Å². The molecule has 1 saturated carbocycles. The average Bonchev–Trinajstić information content (AvgIpc) is 3.27. The van der Waals surface area contributed by atoms with E-state index in [1.807, 2.05) is 38.1 Å². The maximum Gasteiger partial charge on any atom is 0.266 e. The van der Waals surface area contributed by atoms with Crippen molar-refractivity contribution < 1.29 is 4.79 Å². The molecule has 4 rings (SSSR count). The third-order valence-corrected chi connectivity index (χ3v) is 6.39. The number of fused-ring (bicyclic) bond motifs is 1. The maximum absolute atomic E-state index is 13.5. The molecule has 5 nitrogen and oxygen atoms in total. The van der Waals surface area contributed by atoms with Gasteiger partial charge in [-0.3, -0.25) is 14.2 Å². The maximum atomic E-state index is 13.5. The highest BCUT2D eigenvalue weighted by molar-refractivity contribution is 6.31. The molecule has 1 aliphatic carbocycles. The van der Waals surface area contributed by atoms with E-state index in [0.717, 1.165) is 36.9 Å². The third kappa shape index (κ3) is 3.74. The number of nitrogens with zero attached hydrogens (tertiary/aromatic N) is 3. The Morgan fingerprint density at radius 2 is 1.83 bits per heavy atom. The van der Waals surface area contributed by atoms with Crippen LogP contribution in [0.25, 0.3) is 16.6 Å². The molecule has 1 heterocycles. The van der Waals surface area contributed by atoms with Gasteiger partial charge in [0.25, 0.3) is 5.56 Å². The van der Waals surface area contributed by atoms with Crippen LogP contribution in [0, 0.1) is 12.8 Å². The van der Waals surface area contributed by atoms with Crippen molar-refractivity contribution in [2.45, 2.75) is 45.6 Å². The summed E-state index contributed by atoms with van der Waals surface area (Å²) in [4.78, 5) is 33.1. The van der Waals surface area contributed by atoms with E-state index in [4.69, 9.17) is 16.6 Å². The molecule has 0 radical (unpaired) electrons. The normalized spacial score (nSPS) is 15.5. The molecule has 1 fully saturated rings. The molecule has 0 saturated heterocycles. The molecule has 1 unspecified atom stereocenters. The van der Waals surface area contributed by atoms with E-state index in [0.29, 0.717) is 21.7 Å². The van der Waals surface area contributed by atoms with Crippen LogP contribution in [-0.2, 0) is 4.79 Å². The summed E-state index contributed by atoms with van der Waals surface area (Å²) in [6.45, 7) is 3.93. The van der Waals surface area contributed by atoms with Gasteiger partial charge in [0, 0.05) is 18.0 Å². The van der Waals surface area contributed by atoms with Gasteiger partial charge in [-0.15, -0.1) is 0 Å². The zero-order chi connectivity index (χ0) is 21.4. The average molecular weight is 424 g/mol. The fourth-order valence-corrected chi connectivity index (χ4v) is 4.39. The molecule has 1 aliphatic rings. The molecular formula is C24H26ClN3O2. The molecule has 156 valence electrons. The molecule has 0 bridgehead atoms. The highest BCUT2D eigenvalue weighted by Crippen LogP contribution is 2.30. The number of aromatic nitrogens is 2. The number of hydrogen-bond acceptors (Lipinski definition) is 3. The van der Waals surface area contributed by atoms with E-state index in [9.17, 15) is 9.59 Å². The van der Waals surface area contributed by atoms with E-state index in [2.05, 4.69) is 0 Å². The van der Waals surface area contributed by atoms with E-state index in [1.54, 1.807) is 34.7 Å². The molecular weight excluding hydrogens is 398 g/mol. The Balaban J connectivity index is 1.87. The lowest BCUT2D eigenvalue weighted by atomic mass is 10.1. The Labute approximate surface area is 181 Å². The number of amides is 1. The summed E-state index contributed by atoms with van der Waals surface area (Å²) in [6, 6.07) is 12.5. The lowest BCUT2D eigenvalue weighted by Crippen LogP contribution is -2.37. The predicted octanol–water partition coefficient (Wildman–Crippen LogP) is 5.06. The minimum absolute atomic E-state index is 0.0619. The largest absolute Gasteiger partial charge is 0.336 e. The number of carbonyl (C=O) groups is 1. The monoisotopic (exact) mass is 423 g/mol. The smallest absolute Gasteiger partial charge is 0.266 e. The summed E-state index contributed by atoms with van der Waals surface area (Å²) in [7, 11) is 1.80. The van der Waals surface area contributed by atoms with Gasteiger partial charge in [-0.25, -0.2) is 4.98 Å². The second-order valence-electron chi connectivity index (χ2n) is 8.21. The topological polar surface area (TPSA) is 55.2 Å². The van der Waals surface area contributed by atoms with Gasteiger partial charge in [0.15, 0.2) is 0 Å². The van der Waals surface area contributed by atoms with Crippen LogP contribution in [0.4, 0.5) is 0 Å². The quantitative estimate of drug-likeness (QED) is 0.589. The number of hydrogen-bond donors (Lipinski definition) is 0. The van der Waals surface area contributed by atoms with Crippen molar-refractivity contribution in [1.29, 1.82) is 0 Å². The Morgan fingerprint density at radius 1 is 1.17 bits per heavy atom. The number of carbonyl (C=O) groups excluding carboxylic acids is 1. The summed E-state index contributed by atoms with van der Waals surface area (Å²) >= 11 is 6.16. The van der Waals surface area contributed by atoms with Crippen molar-refractivity contribution in [2.75, 3.05) is 7.05 Å². The molecule has 0 spiro atoms. The van der Waals surface area contributed by atoms with Gasteiger partial charge in [0.1, 0.15) is 5.82 Å². The van der Waals surface area contributed by atoms with Crippen molar-refractivity contribution in [3.05, 3.63) is 69.2 Å². The van der Waals surface area contributed by atoms with Crippen molar-refractivity contribution in [2.24, 2.45) is 5.92 Å². The first kappa shape index (κ1) is 20.6. The molecule has 0 N–H and O–H groups in total. The Kier molecular flexibility index (Phi) is 5.65. The summed E-state index contributed by atoms with van der Waals surface area (Å²) in [5.74, 6) is 0.718.